The lowest BCUT2D eigenvalue weighted by atomic mass is 10.1. The molecule has 2 nitrogen and oxygen atoms in total. The van der Waals surface area contributed by atoms with Crippen molar-refractivity contribution in [1.82, 2.24) is 4.98 Å². The second kappa shape index (κ2) is 5.25. The molecule has 0 aliphatic heterocycles. The van der Waals surface area contributed by atoms with Crippen LogP contribution < -0.4 is 5.32 Å². The molecule has 0 amide bonds. The highest BCUT2D eigenvalue weighted by atomic mass is 79.9. The van der Waals surface area contributed by atoms with Crippen LogP contribution in [0.5, 0.6) is 0 Å². The zero-order valence-corrected chi connectivity index (χ0v) is 13.0. The molecule has 0 spiro atoms. The van der Waals surface area contributed by atoms with Gasteiger partial charge in [-0.1, -0.05) is 22.0 Å². The van der Waals surface area contributed by atoms with E-state index in [0.717, 1.165) is 26.8 Å². The summed E-state index contributed by atoms with van der Waals surface area (Å²) >= 11 is 3.52. The van der Waals surface area contributed by atoms with E-state index in [0.29, 0.717) is 0 Å². The van der Waals surface area contributed by atoms with Gasteiger partial charge in [0.1, 0.15) is 0 Å². The van der Waals surface area contributed by atoms with E-state index in [-0.39, 0.29) is 0 Å². The van der Waals surface area contributed by atoms with Crippen molar-refractivity contribution in [3.05, 3.63) is 64.3 Å². The predicted octanol–water partition coefficient (Wildman–Crippen LogP) is 5.36. The molecule has 0 aliphatic rings. The normalized spacial score (nSPS) is 10.8. The molecule has 0 aliphatic carbocycles. The Hall–Kier alpha value is -1.87. The highest BCUT2D eigenvalue weighted by Crippen LogP contribution is 2.28. The van der Waals surface area contributed by atoms with E-state index in [4.69, 9.17) is 0 Å². The summed E-state index contributed by atoms with van der Waals surface area (Å²) in [6.07, 6.45) is 1.83. The van der Waals surface area contributed by atoms with Crippen LogP contribution in [0.15, 0.2) is 53.1 Å². The minimum atomic E-state index is 0.988. The number of rotatable bonds is 2. The van der Waals surface area contributed by atoms with Crippen LogP contribution in [-0.2, 0) is 0 Å². The summed E-state index contributed by atoms with van der Waals surface area (Å²) in [6.45, 7) is 4.22. The Kier molecular flexibility index (Phi) is 3.45. The zero-order valence-electron chi connectivity index (χ0n) is 11.4. The minimum absolute atomic E-state index is 0.988. The van der Waals surface area contributed by atoms with Gasteiger partial charge in [-0.05, 0) is 61.4 Å². The summed E-state index contributed by atoms with van der Waals surface area (Å²) in [4.78, 5) is 4.40. The molecule has 20 heavy (non-hydrogen) atoms. The monoisotopic (exact) mass is 326 g/mol. The van der Waals surface area contributed by atoms with Crippen LogP contribution >= 0.6 is 15.9 Å². The molecule has 3 rings (SSSR count). The fraction of sp³-hybridized carbons (Fsp3) is 0.118. The third kappa shape index (κ3) is 2.68. The summed E-state index contributed by atoms with van der Waals surface area (Å²) < 4.78 is 1.06. The van der Waals surface area contributed by atoms with Gasteiger partial charge in [0.05, 0.1) is 5.52 Å². The van der Waals surface area contributed by atoms with Crippen LogP contribution in [0, 0.1) is 13.8 Å². The van der Waals surface area contributed by atoms with E-state index in [1.54, 1.807) is 0 Å². The number of nitrogens with zero attached hydrogens (tertiary/aromatic N) is 1. The molecule has 0 saturated carbocycles. The maximum atomic E-state index is 4.40. The number of hydrogen-bond acceptors (Lipinski definition) is 2. The molecule has 1 N–H and O–H groups in total. The van der Waals surface area contributed by atoms with Crippen LogP contribution in [0.2, 0.25) is 0 Å². The van der Waals surface area contributed by atoms with Crippen LogP contribution in [0.4, 0.5) is 11.4 Å². The lowest BCUT2D eigenvalue weighted by Gasteiger charge is -2.11. The smallest absolute Gasteiger partial charge is 0.0723 e. The topological polar surface area (TPSA) is 24.9 Å². The van der Waals surface area contributed by atoms with Crippen molar-refractivity contribution < 1.29 is 0 Å². The molecule has 3 aromatic rings. The van der Waals surface area contributed by atoms with E-state index in [9.17, 15) is 0 Å². The minimum Gasteiger partial charge on any atom is -0.355 e. The Morgan fingerprint density at radius 1 is 0.950 bits per heavy atom. The van der Waals surface area contributed by atoms with Crippen LogP contribution in [-0.4, -0.2) is 4.98 Å². The van der Waals surface area contributed by atoms with Crippen molar-refractivity contribution in [3.8, 4) is 0 Å². The first-order chi connectivity index (χ1) is 9.61. The van der Waals surface area contributed by atoms with E-state index < -0.39 is 0 Å². The van der Waals surface area contributed by atoms with E-state index in [2.05, 4.69) is 64.3 Å². The molecule has 1 aromatic heterocycles. The zero-order chi connectivity index (χ0) is 14.1. The molecule has 100 valence electrons. The molecule has 3 heteroatoms. The van der Waals surface area contributed by atoms with Gasteiger partial charge in [0, 0.05) is 27.4 Å². The quantitative estimate of drug-likeness (QED) is 0.685. The van der Waals surface area contributed by atoms with E-state index in [1.807, 2.05) is 24.4 Å². The number of benzene rings is 2. The van der Waals surface area contributed by atoms with Crippen LogP contribution in [0.1, 0.15) is 11.1 Å². The van der Waals surface area contributed by atoms with Gasteiger partial charge in [0.15, 0.2) is 0 Å². The van der Waals surface area contributed by atoms with Crippen molar-refractivity contribution in [3.63, 3.8) is 0 Å². The maximum absolute atomic E-state index is 4.40. The Labute approximate surface area is 127 Å². The summed E-state index contributed by atoms with van der Waals surface area (Å²) in [6, 6.07) is 14.6. The first-order valence-electron chi connectivity index (χ1n) is 6.51. The molecule has 0 saturated heterocycles. The Bertz CT molecular complexity index is 761. The number of halogens is 1. The molecule has 0 radical (unpaired) electrons. The van der Waals surface area contributed by atoms with Gasteiger partial charge in [-0.2, -0.15) is 0 Å². The third-order valence-corrected chi connectivity index (χ3v) is 3.70. The fourth-order valence-corrected chi connectivity index (χ4v) is 2.79. The number of anilines is 2. The van der Waals surface area contributed by atoms with Crippen molar-refractivity contribution in [2.45, 2.75) is 13.8 Å². The maximum Gasteiger partial charge on any atom is 0.0723 e. The van der Waals surface area contributed by atoms with Crippen LogP contribution in [0.3, 0.4) is 0 Å². The summed E-state index contributed by atoms with van der Waals surface area (Å²) in [5.74, 6) is 0. The molecule has 0 unspecified atom stereocenters. The van der Waals surface area contributed by atoms with Gasteiger partial charge in [-0.15, -0.1) is 0 Å². The van der Waals surface area contributed by atoms with E-state index in [1.165, 1.54) is 11.1 Å². The van der Waals surface area contributed by atoms with Crippen molar-refractivity contribution in [1.29, 1.82) is 0 Å². The second-order valence-corrected chi connectivity index (χ2v) is 5.94. The predicted molar refractivity (Wildman–Crippen MR) is 88.6 cm³/mol. The highest BCUT2D eigenvalue weighted by Gasteiger charge is 2.04. The molecular formula is C17H15BrN2. The van der Waals surface area contributed by atoms with Gasteiger partial charge in [-0.3, -0.25) is 4.98 Å². The number of nitrogens with one attached hydrogen (secondary N) is 1. The first kappa shape index (κ1) is 13.1. The average molecular weight is 327 g/mol. The SMILES string of the molecule is Cc1cc(C)cc(Nc2ccnc3ccc(Br)cc23)c1. The Morgan fingerprint density at radius 3 is 2.45 bits per heavy atom. The lowest BCUT2D eigenvalue weighted by molar-refractivity contribution is 1.37. The average Bonchev–Trinajstić information content (AvgIpc) is 2.38. The highest BCUT2D eigenvalue weighted by molar-refractivity contribution is 9.10. The molecular weight excluding hydrogens is 312 g/mol. The summed E-state index contributed by atoms with van der Waals surface area (Å²) in [7, 11) is 0. The lowest BCUT2D eigenvalue weighted by Crippen LogP contribution is -1.94. The molecule has 0 atom stereocenters. The van der Waals surface area contributed by atoms with Gasteiger partial charge >= 0.3 is 0 Å². The number of aryl methyl sites for hydroxylation is 2. The van der Waals surface area contributed by atoms with Crippen molar-refractivity contribution in [2.75, 3.05) is 5.32 Å². The number of hydrogen-bond donors (Lipinski definition) is 1. The largest absolute Gasteiger partial charge is 0.355 e. The van der Waals surface area contributed by atoms with E-state index >= 15 is 0 Å². The standard InChI is InChI=1S/C17H15BrN2/c1-11-7-12(2)9-14(8-11)20-17-5-6-19-16-4-3-13(18)10-15(16)17/h3-10H,1-2H3,(H,19,20). The Balaban J connectivity index is 2.08. The molecule has 0 bridgehead atoms. The van der Waals surface area contributed by atoms with Gasteiger partial charge < -0.3 is 5.32 Å². The second-order valence-electron chi connectivity index (χ2n) is 5.02. The fourth-order valence-electron chi connectivity index (χ4n) is 2.43. The van der Waals surface area contributed by atoms with Gasteiger partial charge in [0.25, 0.3) is 0 Å². The summed E-state index contributed by atoms with van der Waals surface area (Å²) in [5, 5.41) is 4.61. The molecule has 2 aromatic carbocycles. The Morgan fingerprint density at radius 2 is 1.70 bits per heavy atom. The van der Waals surface area contributed by atoms with Gasteiger partial charge in [0.2, 0.25) is 0 Å². The summed E-state index contributed by atoms with van der Waals surface area (Å²) in [5.41, 5.74) is 5.68. The van der Waals surface area contributed by atoms with Crippen molar-refractivity contribution >= 4 is 38.2 Å². The van der Waals surface area contributed by atoms with Crippen molar-refractivity contribution in [2.24, 2.45) is 0 Å². The molecule has 0 fully saturated rings. The number of pyridine rings is 1. The van der Waals surface area contributed by atoms with Gasteiger partial charge in [-0.25, -0.2) is 0 Å². The first-order valence-corrected chi connectivity index (χ1v) is 7.31. The van der Waals surface area contributed by atoms with Crippen LogP contribution in [0.25, 0.3) is 10.9 Å². The number of aromatic nitrogens is 1. The number of fused-ring (bicyclic) bond motifs is 1. The molecule has 1 heterocycles. The third-order valence-electron chi connectivity index (χ3n) is 3.20.